The van der Waals surface area contributed by atoms with Crippen LogP contribution in [0.25, 0.3) is 10.4 Å². The zero-order chi connectivity index (χ0) is 12.7. The van der Waals surface area contributed by atoms with Gasteiger partial charge in [-0.3, -0.25) is 0 Å². The van der Waals surface area contributed by atoms with E-state index >= 15 is 0 Å². The molecule has 6 heteroatoms. The summed E-state index contributed by atoms with van der Waals surface area (Å²) >= 11 is 0. The van der Waals surface area contributed by atoms with Crippen LogP contribution in [0.4, 0.5) is 0 Å². The summed E-state index contributed by atoms with van der Waals surface area (Å²) in [5, 5.41) is 23.0. The molecule has 0 heterocycles. The highest BCUT2D eigenvalue weighted by Crippen LogP contribution is 2.22. The fourth-order valence-corrected chi connectivity index (χ4v) is 1.61. The quantitative estimate of drug-likeness (QED) is 0.392. The smallest absolute Gasteiger partial charge is 0.105 e. The molecule has 1 rings (SSSR count). The summed E-state index contributed by atoms with van der Waals surface area (Å²) in [4.78, 5) is 2.59. The molecule has 2 atom stereocenters. The second-order valence-corrected chi connectivity index (χ2v) is 3.66. The van der Waals surface area contributed by atoms with Crippen LogP contribution in [0.2, 0.25) is 0 Å². The van der Waals surface area contributed by atoms with Crippen LogP contribution in [0, 0.1) is 0 Å². The minimum Gasteiger partial charge on any atom is -0.390 e. The van der Waals surface area contributed by atoms with Gasteiger partial charge in [0, 0.05) is 18.0 Å². The van der Waals surface area contributed by atoms with Gasteiger partial charge in [0.15, 0.2) is 0 Å². The van der Waals surface area contributed by atoms with Crippen LogP contribution in [0.15, 0.2) is 29.4 Å². The number of nitrogens with two attached hydrogens (primary N) is 1. The number of azide groups is 1. The fourth-order valence-electron chi connectivity index (χ4n) is 1.61. The highest BCUT2D eigenvalue weighted by molar-refractivity contribution is 5.29. The first-order valence-corrected chi connectivity index (χ1v) is 5.35. The number of benzene rings is 1. The SMILES string of the molecule is [N-]=[N+]=NCCC(O)C(O)c1ccccc1CN. The molecule has 0 fully saturated rings. The molecule has 0 aromatic heterocycles. The standard InChI is InChI=1S/C11H16N4O2/c12-7-8-3-1-2-4-9(8)11(17)10(16)5-6-14-15-13/h1-4,10-11,16-17H,5-7,12H2. The molecule has 0 bridgehead atoms. The Morgan fingerprint density at radius 1 is 1.35 bits per heavy atom. The summed E-state index contributed by atoms with van der Waals surface area (Å²) in [5.74, 6) is 0. The van der Waals surface area contributed by atoms with Gasteiger partial charge in [-0.1, -0.05) is 29.4 Å². The lowest BCUT2D eigenvalue weighted by Gasteiger charge is -2.19. The van der Waals surface area contributed by atoms with E-state index < -0.39 is 12.2 Å². The topological polar surface area (TPSA) is 115 Å². The monoisotopic (exact) mass is 236 g/mol. The lowest BCUT2D eigenvalue weighted by Crippen LogP contribution is -2.21. The van der Waals surface area contributed by atoms with E-state index in [-0.39, 0.29) is 13.0 Å². The Kier molecular flexibility index (Phi) is 5.45. The van der Waals surface area contributed by atoms with Crippen molar-refractivity contribution in [3.63, 3.8) is 0 Å². The van der Waals surface area contributed by atoms with Crippen LogP contribution in [0.1, 0.15) is 23.7 Å². The number of hydrogen-bond donors (Lipinski definition) is 3. The van der Waals surface area contributed by atoms with Gasteiger partial charge >= 0.3 is 0 Å². The fraction of sp³-hybridized carbons (Fsp3) is 0.455. The normalized spacial score (nSPS) is 13.8. The summed E-state index contributed by atoms with van der Waals surface area (Å²) in [6.07, 6.45) is -1.76. The largest absolute Gasteiger partial charge is 0.390 e. The van der Waals surface area contributed by atoms with Gasteiger partial charge in [0.1, 0.15) is 6.10 Å². The van der Waals surface area contributed by atoms with Crippen molar-refractivity contribution in [1.82, 2.24) is 0 Å². The van der Waals surface area contributed by atoms with E-state index in [0.29, 0.717) is 12.1 Å². The molecule has 17 heavy (non-hydrogen) atoms. The molecular formula is C11H16N4O2. The molecule has 4 N–H and O–H groups in total. The maximum absolute atomic E-state index is 9.96. The summed E-state index contributed by atoms with van der Waals surface area (Å²) in [6, 6.07) is 7.13. The van der Waals surface area contributed by atoms with Crippen LogP contribution in [0.3, 0.4) is 0 Å². The summed E-state index contributed by atoms with van der Waals surface area (Å²) in [6.45, 7) is 0.454. The third kappa shape index (κ3) is 3.72. The zero-order valence-corrected chi connectivity index (χ0v) is 9.40. The van der Waals surface area contributed by atoms with Crippen LogP contribution >= 0.6 is 0 Å². The predicted octanol–water partition coefficient (Wildman–Crippen LogP) is 1.24. The van der Waals surface area contributed by atoms with Crippen molar-refractivity contribution in [2.45, 2.75) is 25.2 Å². The van der Waals surface area contributed by atoms with Crippen molar-refractivity contribution in [3.8, 4) is 0 Å². The minimum absolute atomic E-state index is 0.152. The third-order valence-corrected chi connectivity index (χ3v) is 2.55. The van der Waals surface area contributed by atoms with E-state index in [1.165, 1.54) is 0 Å². The Labute approximate surface area is 99.3 Å². The van der Waals surface area contributed by atoms with Crippen molar-refractivity contribution in [3.05, 3.63) is 45.8 Å². The molecule has 0 amide bonds. The lowest BCUT2D eigenvalue weighted by atomic mass is 9.97. The second-order valence-electron chi connectivity index (χ2n) is 3.66. The van der Waals surface area contributed by atoms with E-state index in [1.54, 1.807) is 18.2 Å². The summed E-state index contributed by atoms with van der Waals surface area (Å²) in [5.41, 5.74) is 15.1. The number of rotatable bonds is 6. The maximum atomic E-state index is 9.96. The highest BCUT2D eigenvalue weighted by atomic mass is 16.3. The van der Waals surface area contributed by atoms with E-state index in [9.17, 15) is 10.2 Å². The Morgan fingerprint density at radius 3 is 2.71 bits per heavy atom. The molecule has 0 saturated carbocycles. The van der Waals surface area contributed by atoms with Gasteiger partial charge in [-0.15, -0.1) is 0 Å². The minimum atomic E-state index is -1.01. The predicted molar refractivity (Wildman–Crippen MR) is 63.9 cm³/mol. The van der Waals surface area contributed by atoms with Gasteiger partial charge in [-0.2, -0.15) is 0 Å². The first kappa shape index (κ1) is 13.5. The molecular weight excluding hydrogens is 220 g/mol. The summed E-state index contributed by atoms with van der Waals surface area (Å²) < 4.78 is 0. The highest BCUT2D eigenvalue weighted by Gasteiger charge is 2.19. The molecule has 0 aliphatic heterocycles. The van der Waals surface area contributed by atoms with Crippen LogP contribution in [-0.4, -0.2) is 22.9 Å². The first-order chi connectivity index (χ1) is 8.20. The molecule has 6 nitrogen and oxygen atoms in total. The van der Waals surface area contributed by atoms with Crippen molar-refractivity contribution >= 4 is 0 Å². The lowest BCUT2D eigenvalue weighted by molar-refractivity contribution is 0.0145. The molecule has 0 aliphatic carbocycles. The van der Waals surface area contributed by atoms with Crippen LogP contribution < -0.4 is 5.73 Å². The van der Waals surface area contributed by atoms with Gasteiger partial charge in [0.05, 0.1) is 6.10 Å². The average Bonchev–Trinajstić information content (AvgIpc) is 2.38. The van der Waals surface area contributed by atoms with Crippen LogP contribution in [-0.2, 0) is 6.54 Å². The van der Waals surface area contributed by atoms with Crippen molar-refractivity contribution in [2.75, 3.05) is 6.54 Å². The average molecular weight is 236 g/mol. The van der Waals surface area contributed by atoms with Gasteiger partial charge in [-0.25, -0.2) is 0 Å². The van der Waals surface area contributed by atoms with E-state index in [2.05, 4.69) is 10.0 Å². The Morgan fingerprint density at radius 2 is 2.06 bits per heavy atom. The molecule has 92 valence electrons. The van der Waals surface area contributed by atoms with Crippen molar-refractivity contribution < 1.29 is 10.2 Å². The number of hydrogen-bond acceptors (Lipinski definition) is 4. The number of aliphatic hydroxyl groups excluding tert-OH is 2. The van der Waals surface area contributed by atoms with E-state index in [0.717, 1.165) is 5.56 Å². The summed E-state index contributed by atoms with van der Waals surface area (Å²) in [7, 11) is 0. The number of aliphatic hydroxyl groups is 2. The van der Waals surface area contributed by atoms with E-state index in [1.807, 2.05) is 6.07 Å². The Hall–Kier alpha value is -1.59. The zero-order valence-electron chi connectivity index (χ0n) is 9.40. The first-order valence-electron chi connectivity index (χ1n) is 5.35. The third-order valence-electron chi connectivity index (χ3n) is 2.55. The molecule has 2 unspecified atom stereocenters. The molecule has 0 radical (unpaired) electrons. The van der Waals surface area contributed by atoms with Crippen molar-refractivity contribution in [2.24, 2.45) is 10.8 Å². The molecule has 0 saturated heterocycles. The molecule has 1 aromatic rings. The van der Waals surface area contributed by atoms with Gasteiger partial charge in [0.2, 0.25) is 0 Å². The Balaban J connectivity index is 2.73. The van der Waals surface area contributed by atoms with Gasteiger partial charge < -0.3 is 15.9 Å². The van der Waals surface area contributed by atoms with Gasteiger partial charge in [-0.05, 0) is 23.1 Å². The maximum Gasteiger partial charge on any atom is 0.105 e. The molecule has 1 aromatic carbocycles. The Bertz CT molecular complexity index is 404. The molecule has 0 aliphatic rings. The van der Waals surface area contributed by atoms with Gasteiger partial charge in [0.25, 0.3) is 0 Å². The van der Waals surface area contributed by atoms with Crippen LogP contribution in [0.5, 0.6) is 0 Å². The second kappa shape index (κ2) is 6.88. The van der Waals surface area contributed by atoms with E-state index in [4.69, 9.17) is 11.3 Å². The molecule has 0 spiro atoms. The van der Waals surface area contributed by atoms with Crippen molar-refractivity contribution in [1.29, 1.82) is 0 Å². The number of nitrogens with zero attached hydrogens (tertiary/aromatic N) is 3.